The molecule has 4 aromatic heterocycles. The summed E-state index contributed by atoms with van der Waals surface area (Å²) >= 11 is 0. The quantitative estimate of drug-likeness (QED) is 0.582. The van der Waals surface area contributed by atoms with Crippen molar-refractivity contribution in [3.8, 4) is 5.82 Å². The number of aromatic amines is 1. The molecule has 0 bridgehead atoms. The van der Waals surface area contributed by atoms with E-state index in [0.717, 1.165) is 17.2 Å². The van der Waals surface area contributed by atoms with E-state index >= 15 is 0 Å². The Morgan fingerprint density at radius 2 is 2.15 bits per heavy atom. The highest BCUT2D eigenvalue weighted by atomic mass is 16.5. The van der Waals surface area contributed by atoms with Gasteiger partial charge in [0.25, 0.3) is 5.56 Å². The van der Waals surface area contributed by atoms with Gasteiger partial charge in [-0.25, -0.2) is 14.6 Å². The van der Waals surface area contributed by atoms with E-state index in [4.69, 9.17) is 4.74 Å². The van der Waals surface area contributed by atoms with Gasteiger partial charge in [-0.15, -0.1) is 0 Å². The molecule has 0 spiro atoms. The van der Waals surface area contributed by atoms with Crippen LogP contribution in [0, 0.1) is 6.92 Å². The summed E-state index contributed by atoms with van der Waals surface area (Å²) < 4.78 is 8.73. The largest absolute Gasteiger partial charge is 0.379 e. The fourth-order valence-electron chi connectivity index (χ4n) is 3.27. The van der Waals surface area contributed by atoms with Gasteiger partial charge < -0.3 is 9.30 Å². The number of pyridine rings is 1. The maximum atomic E-state index is 12.8. The van der Waals surface area contributed by atoms with Crippen LogP contribution in [-0.4, -0.2) is 47.7 Å². The minimum atomic E-state index is -0.110. The van der Waals surface area contributed by atoms with Crippen molar-refractivity contribution in [1.82, 2.24) is 34.5 Å². The lowest BCUT2D eigenvalue weighted by molar-refractivity contribution is 0.186. The van der Waals surface area contributed by atoms with Crippen molar-refractivity contribution >= 4 is 21.9 Å². The zero-order chi connectivity index (χ0) is 19.0. The number of ether oxygens (including phenoxy) is 1. The van der Waals surface area contributed by atoms with Crippen LogP contribution < -0.4 is 5.56 Å². The normalized spacial score (nSPS) is 16.6. The lowest BCUT2D eigenvalue weighted by Crippen LogP contribution is -2.24. The lowest BCUT2D eigenvalue weighted by Gasteiger charge is -2.10. The number of nitrogens with zero attached hydrogens (tertiary/aromatic N) is 6. The topological polar surface area (TPSA) is 104 Å². The average Bonchev–Trinajstić information content (AvgIpc) is 3.43. The van der Waals surface area contributed by atoms with Crippen molar-refractivity contribution < 1.29 is 4.74 Å². The molecule has 5 heterocycles. The summed E-state index contributed by atoms with van der Waals surface area (Å²) in [6.07, 6.45) is 6.12. The molecule has 0 radical (unpaired) electrons. The van der Waals surface area contributed by atoms with E-state index in [1.807, 2.05) is 26.1 Å². The summed E-state index contributed by atoms with van der Waals surface area (Å²) in [7, 11) is 0. The monoisotopic (exact) mass is 367 g/mol. The standard InChI is InChI=1S/C16H15N7O2.C2H6/c1-9-18-14-12(6-17-20-14)15(19-9)23-7-10-2-4-22(11-3-5-25-8-11)16(24)13(10)21-23;1-2/h2,4,6-7,11H,3,5,8H2,1H3,(H,17,18,19,20);1-2H3. The van der Waals surface area contributed by atoms with Crippen LogP contribution >= 0.6 is 0 Å². The van der Waals surface area contributed by atoms with Crippen molar-refractivity contribution in [3.05, 3.63) is 40.8 Å². The molecular weight excluding hydrogens is 346 g/mol. The van der Waals surface area contributed by atoms with Gasteiger partial charge >= 0.3 is 0 Å². The number of fused-ring (bicyclic) bond motifs is 2. The summed E-state index contributed by atoms with van der Waals surface area (Å²) in [5, 5.41) is 12.9. The van der Waals surface area contributed by atoms with E-state index < -0.39 is 0 Å². The van der Waals surface area contributed by atoms with Crippen LogP contribution in [0.1, 0.15) is 32.1 Å². The van der Waals surface area contributed by atoms with E-state index in [1.165, 1.54) is 0 Å². The van der Waals surface area contributed by atoms with Gasteiger partial charge in [0, 0.05) is 24.4 Å². The van der Waals surface area contributed by atoms with Crippen LogP contribution in [0.4, 0.5) is 0 Å². The highest BCUT2D eigenvalue weighted by Crippen LogP contribution is 2.21. The van der Waals surface area contributed by atoms with E-state index in [0.29, 0.717) is 36.0 Å². The molecule has 1 atom stereocenters. The Morgan fingerprint density at radius 1 is 1.30 bits per heavy atom. The molecule has 140 valence electrons. The number of nitrogens with one attached hydrogen (secondary N) is 1. The number of aromatic nitrogens is 7. The zero-order valence-corrected chi connectivity index (χ0v) is 15.5. The Kier molecular flexibility index (Phi) is 4.44. The smallest absolute Gasteiger partial charge is 0.279 e. The second kappa shape index (κ2) is 6.92. The van der Waals surface area contributed by atoms with E-state index in [-0.39, 0.29) is 11.6 Å². The van der Waals surface area contributed by atoms with Gasteiger partial charge in [0.2, 0.25) is 0 Å². The van der Waals surface area contributed by atoms with Crippen LogP contribution in [0.2, 0.25) is 0 Å². The van der Waals surface area contributed by atoms with E-state index in [1.54, 1.807) is 28.6 Å². The van der Waals surface area contributed by atoms with Crippen molar-refractivity contribution in [2.45, 2.75) is 33.2 Å². The van der Waals surface area contributed by atoms with Gasteiger partial charge in [-0.3, -0.25) is 9.89 Å². The van der Waals surface area contributed by atoms with Crippen molar-refractivity contribution in [2.75, 3.05) is 13.2 Å². The SMILES string of the molecule is CC.Cc1nc(-n2cc3ccn(C4CCOC4)c(=O)c3n2)c2cn[nH]c2n1. The number of hydrogen-bond acceptors (Lipinski definition) is 6. The van der Waals surface area contributed by atoms with E-state index in [9.17, 15) is 4.79 Å². The maximum absolute atomic E-state index is 12.8. The molecule has 1 fully saturated rings. The summed E-state index contributed by atoms with van der Waals surface area (Å²) in [5.74, 6) is 1.20. The Balaban J connectivity index is 0.000000872. The maximum Gasteiger partial charge on any atom is 0.279 e. The summed E-state index contributed by atoms with van der Waals surface area (Å²) in [6, 6.07) is 1.98. The predicted octanol–water partition coefficient (Wildman–Crippen LogP) is 2.15. The molecule has 0 aliphatic carbocycles. The second-order valence-electron chi connectivity index (χ2n) is 6.15. The number of H-pyrrole nitrogens is 1. The van der Waals surface area contributed by atoms with Gasteiger partial charge in [-0.2, -0.15) is 10.2 Å². The fourth-order valence-corrected chi connectivity index (χ4v) is 3.27. The summed E-state index contributed by atoms with van der Waals surface area (Å²) in [4.78, 5) is 21.6. The summed E-state index contributed by atoms with van der Waals surface area (Å²) in [6.45, 7) is 7.05. The Hall–Kier alpha value is -3.07. The third-order valence-corrected chi connectivity index (χ3v) is 4.51. The minimum Gasteiger partial charge on any atom is -0.379 e. The molecule has 1 saturated heterocycles. The summed E-state index contributed by atoms with van der Waals surface area (Å²) in [5.41, 5.74) is 0.950. The number of aryl methyl sites for hydroxylation is 1. The molecular formula is C18H21N7O2. The van der Waals surface area contributed by atoms with Gasteiger partial charge in [0.05, 0.1) is 24.2 Å². The lowest BCUT2D eigenvalue weighted by atomic mass is 10.2. The third-order valence-electron chi connectivity index (χ3n) is 4.51. The molecule has 0 saturated carbocycles. The average molecular weight is 367 g/mol. The fraction of sp³-hybridized carbons (Fsp3) is 0.389. The van der Waals surface area contributed by atoms with Crippen LogP contribution in [0.5, 0.6) is 0 Å². The van der Waals surface area contributed by atoms with Crippen LogP contribution in [0.25, 0.3) is 27.8 Å². The Labute approximate surface area is 155 Å². The minimum absolute atomic E-state index is 0.0731. The molecule has 27 heavy (non-hydrogen) atoms. The van der Waals surface area contributed by atoms with Crippen LogP contribution in [-0.2, 0) is 4.74 Å². The molecule has 9 nitrogen and oxygen atoms in total. The molecule has 5 rings (SSSR count). The van der Waals surface area contributed by atoms with Gasteiger partial charge in [-0.1, -0.05) is 13.8 Å². The molecule has 1 aliphatic heterocycles. The van der Waals surface area contributed by atoms with E-state index in [2.05, 4.69) is 25.3 Å². The first-order valence-corrected chi connectivity index (χ1v) is 9.07. The van der Waals surface area contributed by atoms with Crippen molar-refractivity contribution in [2.24, 2.45) is 0 Å². The first-order chi connectivity index (χ1) is 13.2. The molecule has 1 unspecified atom stereocenters. The second-order valence-corrected chi connectivity index (χ2v) is 6.15. The van der Waals surface area contributed by atoms with Crippen LogP contribution in [0.3, 0.4) is 0 Å². The molecule has 4 aromatic rings. The Bertz CT molecular complexity index is 1150. The predicted molar refractivity (Wildman–Crippen MR) is 101 cm³/mol. The number of hydrogen-bond donors (Lipinski definition) is 1. The molecule has 9 heteroatoms. The molecule has 0 amide bonds. The number of rotatable bonds is 2. The highest BCUT2D eigenvalue weighted by Gasteiger charge is 2.20. The van der Waals surface area contributed by atoms with Crippen molar-refractivity contribution in [3.63, 3.8) is 0 Å². The first kappa shape index (κ1) is 17.3. The highest BCUT2D eigenvalue weighted by molar-refractivity contribution is 5.83. The van der Waals surface area contributed by atoms with Gasteiger partial charge in [0.15, 0.2) is 17.0 Å². The third kappa shape index (κ3) is 2.89. The molecule has 1 N–H and O–H groups in total. The molecule has 1 aliphatic rings. The first-order valence-electron chi connectivity index (χ1n) is 9.07. The van der Waals surface area contributed by atoms with Crippen molar-refractivity contribution in [1.29, 1.82) is 0 Å². The van der Waals surface area contributed by atoms with Crippen LogP contribution in [0.15, 0.2) is 29.5 Å². The van der Waals surface area contributed by atoms with Gasteiger partial charge in [-0.05, 0) is 19.4 Å². The van der Waals surface area contributed by atoms with Gasteiger partial charge in [0.1, 0.15) is 5.82 Å². The Morgan fingerprint density at radius 3 is 2.93 bits per heavy atom. The zero-order valence-electron chi connectivity index (χ0n) is 15.5. The molecule has 0 aromatic carbocycles.